The summed E-state index contributed by atoms with van der Waals surface area (Å²) in [5, 5.41) is 12.9. The Morgan fingerprint density at radius 3 is 2.81 bits per heavy atom. The number of carbonyl (C=O) groups excluding carboxylic acids is 2. The summed E-state index contributed by atoms with van der Waals surface area (Å²) in [6, 6.07) is 3.77. The quantitative estimate of drug-likeness (QED) is 0.606. The normalized spacial score (nSPS) is 19.5. The van der Waals surface area contributed by atoms with Crippen molar-refractivity contribution in [3.63, 3.8) is 0 Å². The lowest BCUT2D eigenvalue weighted by Crippen LogP contribution is -2.41. The molecular formula is C19H25N3O3S. The molecule has 1 saturated carbocycles. The van der Waals surface area contributed by atoms with Gasteiger partial charge in [0.2, 0.25) is 5.91 Å². The van der Waals surface area contributed by atoms with Crippen LogP contribution in [-0.2, 0) is 9.53 Å². The number of thioether (sulfide) groups is 1. The number of aryl methyl sites for hydroxylation is 1. The molecule has 7 heteroatoms. The summed E-state index contributed by atoms with van der Waals surface area (Å²) in [5.41, 5.74) is 1.06. The number of hydrogen-bond donors (Lipinski definition) is 1. The van der Waals surface area contributed by atoms with Crippen molar-refractivity contribution in [1.82, 2.24) is 10.3 Å². The lowest BCUT2D eigenvalue weighted by atomic mass is 9.86. The van der Waals surface area contributed by atoms with Crippen molar-refractivity contribution in [2.45, 2.75) is 57.5 Å². The SMILES string of the molecule is CCOC(=O)c1cc(C#N)c(SCC(=O)NC2CCCCC2C)nc1C. The largest absolute Gasteiger partial charge is 0.462 e. The van der Waals surface area contributed by atoms with Crippen LogP contribution in [0.15, 0.2) is 11.1 Å². The van der Waals surface area contributed by atoms with Gasteiger partial charge in [0.05, 0.1) is 29.2 Å². The molecule has 2 rings (SSSR count). The molecule has 1 aromatic rings. The number of pyridine rings is 1. The highest BCUT2D eigenvalue weighted by Crippen LogP contribution is 2.25. The van der Waals surface area contributed by atoms with E-state index in [1.807, 2.05) is 6.07 Å². The van der Waals surface area contributed by atoms with Gasteiger partial charge in [-0.05, 0) is 38.7 Å². The molecule has 6 nitrogen and oxygen atoms in total. The molecule has 0 aromatic carbocycles. The first-order valence-corrected chi connectivity index (χ1v) is 9.95. The van der Waals surface area contributed by atoms with E-state index in [9.17, 15) is 14.9 Å². The van der Waals surface area contributed by atoms with E-state index >= 15 is 0 Å². The summed E-state index contributed by atoms with van der Waals surface area (Å²) < 4.78 is 4.98. The fourth-order valence-electron chi connectivity index (χ4n) is 3.10. The molecule has 0 aliphatic heterocycles. The van der Waals surface area contributed by atoms with E-state index in [1.165, 1.54) is 24.2 Å². The third-order valence-electron chi connectivity index (χ3n) is 4.59. The molecule has 1 aromatic heterocycles. The number of rotatable bonds is 6. The van der Waals surface area contributed by atoms with Crippen LogP contribution in [0.5, 0.6) is 0 Å². The Kier molecular flexibility index (Phi) is 7.46. The number of ether oxygens (including phenoxy) is 1. The van der Waals surface area contributed by atoms with Crippen molar-refractivity contribution in [2.75, 3.05) is 12.4 Å². The topological polar surface area (TPSA) is 92.1 Å². The van der Waals surface area contributed by atoms with Crippen LogP contribution in [0.1, 0.15) is 61.1 Å². The van der Waals surface area contributed by atoms with Crippen LogP contribution < -0.4 is 5.32 Å². The molecule has 140 valence electrons. The zero-order valence-corrected chi connectivity index (χ0v) is 16.3. The molecular weight excluding hydrogens is 350 g/mol. The number of hydrogen-bond acceptors (Lipinski definition) is 6. The van der Waals surface area contributed by atoms with Crippen molar-refractivity contribution in [3.05, 3.63) is 22.9 Å². The summed E-state index contributed by atoms with van der Waals surface area (Å²) >= 11 is 1.22. The fourth-order valence-corrected chi connectivity index (χ4v) is 3.91. The number of amides is 1. The predicted molar refractivity (Wildman–Crippen MR) is 99.9 cm³/mol. The van der Waals surface area contributed by atoms with Crippen LogP contribution in [-0.4, -0.2) is 35.3 Å². The summed E-state index contributed by atoms with van der Waals surface area (Å²) in [6.07, 6.45) is 4.54. The van der Waals surface area contributed by atoms with Gasteiger partial charge in [0.25, 0.3) is 0 Å². The Labute approximate surface area is 158 Å². The van der Waals surface area contributed by atoms with Crippen molar-refractivity contribution < 1.29 is 14.3 Å². The van der Waals surface area contributed by atoms with E-state index in [2.05, 4.69) is 17.2 Å². The Morgan fingerprint density at radius 1 is 1.42 bits per heavy atom. The lowest BCUT2D eigenvalue weighted by Gasteiger charge is -2.29. The highest BCUT2D eigenvalue weighted by molar-refractivity contribution is 8.00. The van der Waals surface area contributed by atoms with E-state index in [0.717, 1.165) is 19.3 Å². The van der Waals surface area contributed by atoms with Crippen LogP contribution in [0.2, 0.25) is 0 Å². The maximum atomic E-state index is 12.3. The summed E-state index contributed by atoms with van der Waals surface area (Å²) in [4.78, 5) is 28.5. The Balaban J connectivity index is 2.02. The molecule has 1 N–H and O–H groups in total. The Morgan fingerprint density at radius 2 is 2.15 bits per heavy atom. The minimum absolute atomic E-state index is 0.0495. The van der Waals surface area contributed by atoms with E-state index < -0.39 is 5.97 Å². The first kappa shape index (κ1) is 20.2. The number of esters is 1. The Bertz CT molecular complexity index is 715. The average Bonchev–Trinajstić information content (AvgIpc) is 2.62. The fraction of sp³-hybridized carbons (Fsp3) is 0.579. The summed E-state index contributed by atoms with van der Waals surface area (Å²) in [6.45, 7) is 5.85. The molecule has 0 radical (unpaired) electrons. The van der Waals surface area contributed by atoms with Gasteiger partial charge in [0, 0.05) is 6.04 Å². The molecule has 1 heterocycles. The molecule has 1 fully saturated rings. The van der Waals surface area contributed by atoms with E-state index in [4.69, 9.17) is 4.74 Å². The molecule has 0 saturated heterocycles. The van der Waals surface area contributed by atoms with Crippen molar-refractivity contribution in [1.29, 1.82) is 5.26 Å². The third kappa shape index (κ3) is 5.21. The second-order valence-electron chi connectivity index (χ2n) is 6.53. The number of nitrogens with one attached hydrogen (secondary N) is 1. The number of carbonyl (C=O) groups is 2. The van der Waals surface area contributed by atoms with Gasteiger partial charge < -0.3 is 10.1 Å². The molecule has 2 unspecified atom stereocenters. The number of nitriles is 1. The second-order valence-corrected chi connectivity index (χ2v) is 7.49. The molecule has 0 bridgehead atoms. The van der Waals surface area contributed by atoms with Crippen LogP contribution in [0, 0.1) is 24.2 Å². The monoisotopic (exact) mass is 375 g/mol. The van der Waals surface area contributed by atoms with Gasteiger partial charge in [-0.3, -0.25) is 4.79 Å². The Hall–Kier alpha value is -2.07. The zero-order chi connectivity index (χ0) is 19.1. The molecule has 2 atom stereocenters. The third-order valence-corrected chi connectivity index (χ3v) is 5.58. The second kappa shape index (κ2) is 9.58. The summed E-state index contributed by atoms with van der Waals surface area (Å²) in [7, 11) is 0. The maximum Gasteiger partial charge on any atom is 0.340 e. The van der Waals surface area contributed by atoms with Gasteiger partial charge in [-0.1, -0.05) is 31.5 Å². The van der Waals surface area contributed by atoms with Crippen molar-refractivity contribution >= 4 is 23.6 Å². The predicted octanol–water partition coefficient (Wildman–Crippen LogP) is 3.23. The molecule has 1 amide bonds. The minimum atomic E-state index is -0.491. The van der Waals surface area contributed by atoms with Crippen LogP contribution in [0.25, 0.3) is 0 Å². The van der Waals surface area contributed by atoms with Gasteiger partial charge in [0.15, 0.2) is 0 Å². The van der Waals surface area contributed by atoms with Crippen LogP contribution in [0.3, 0.4) is 0 Å². The van der Waals surface area contributed by atoms with Gasteiger partial charge in [0.1, 0.15) is 11.1 Å². The zero-order valence-electron chi connectivity index (χ0n) is 15.5. The standard InChI is InChI=1S/C19H25N3O3S/c1-4-25-19(24)15-9-14(10-20)18(21-13(15)3)26-11-17(23)22-16-8-6-5-7-12(16)2/h9,12,16H,4-8,11H2,1-3H3,(H,22,23). The first-order valence-electron chi connectivity index (χ1n) is 8.97. The van der Waals surface area contributed by atoms with Gasteiger partial charge in [-0.25, -0.2) is 9.78 Å². The van der Waals surface area contributed by atoms with Crippen LogP contribution >= 0.6 is 11.8 Å². The molecule has 1 aliphatic carbocycles. The number of nitrogens with zero attached hydrogens (tertiary/aromatic N) is 2. The minimum Gasteiger partial charge on any atom is -0.462 e. The number of aromatic nitrogens is 1. The van der Waals surface area contributed by atoms with Gasteiger partial charge in [-0.2, -0.15) is 5.26 Å². The first-order chi connectivity index (χ1) is 12.5. The maximum absolute atomic E-state index is 12.3. The van der Waals surface area contributed by atoms with Crippen molar-refractivity contribution in [3.8, 4) is 6.07 Å². The van der Waals surface area contributed by atoms with Crippen molar-refractivity contribution in [2.24, 2.45) is 5.92 Å². The smallest absolute Gasteiger partial charge is 0.340 e. The summed E-state index contributed by atoms with van der Waals surface area (Å²) in [5.74, 6) is 0.154. The van der Waals surface area contributed by atoms with E-state index in [0.29, 0.717) is 16.6 Å². The highest BCUT2D eigenvalue weighted by atomic mass is 32.2. The highest BCUT2D eigenvalue weighted by Gasteiger charge is 2.23. The van der Waals surface area contributed by atoms with E-state index in [1.54, 1.807) is 13.8 Å². The average molecular weight is 375 g/mol. The molecule has 0 spiro atoms. The van der Waals surface area contributed by atoms with Gasteiger partial charge >= 0.3 is 5.97 Å². The van der Waals surface area contributed by atoms with Gasteiger partial charge in [-0.15, -0.1) is 0 Å². The van der Waals surface area contributed by atoms with E-state index in [-0.39, 0.29) is 35.4 Å². The molecule has 1 aliphatic rings. The lowest BCUT2D eigenvalue weighted by molar-refractivity contribution is -0.119. The molecule has 26 heavy (non-hydrogen) atoms. The van der Waals surface area contributed by atoms with Crippen LogP contribution in [0.4, 0.5) is 0 Å².